The van der Waals surface area contributed by atoms with Gasteiger partial charge in [-0.3, -0.25) is 9.36 Å². The number of carbonyl (C=O) groups is 1. The summed E-state index contributed by atoms with van der Waals surface area (Å²) in [5.41, 5.74) is 0.989. The van der Waals surface area contributed by atoms with Gasteiger partial charge < -0.3 is 5.32 Å². The number of thiophene rings is 1. The Balaban J connectivity index is 1.71. The minimum atomic E-state index is -0.272. The third-order valence-corrected chi connectivity index (χ3v) is 5.69. The molecule has 0 saturated carbocycles. The Hall–Kier alpha value is -2.38. The molecule has 2 aromatic heterocycles. The summed E-state index contributed by atoms with van der Waals surface area (Å²) in [6, 6.07) is 13.9. The lowest BCUT2D eigenvalue weighted by Crippen LogP contribution is -2.30. The van der Waals surface area contributed by atoms with Crippen molar-refractivity contribution in [3.8, 4) is 11.4 Å². The number of aromatic nitrogens is 3. The second-order valence-electron chi connectivity index (χ2n) is 5.63. The van der Waals surface area contributed by atoms with E-state index in [2.05, 4.69) is 22.1 Å². The molecule has 1 atom stereocenters. The van der Waals surface area contributed by atoms with E-state index < -0.39 is 0 Å². The molecule has 2 heterocycles. The highest BCUT2D eigenvalue weighted by molar-refractivity contribution is 8.00. The molecule has 0 radical (unpaired) electrons. The third kappa shape index (κ3) is 4.42. The lowest BCUT2D eigenvalue weighted by Gasteiger charge is -2.12. The first-order chi connectivity index (χ1) is 12.7. The van der Waals surface area contributed by atoms with Crippen LogP contribution in [0.25, 0.3) is 11.4 Å². The SMILES string of the molecule is C=CCn1c(S[C@@H](C)C(=O)NCc2cccs2)nnc1-c1ccccc1. The first-order valence-electron chi connectivity index (χ1n) is 8.25. The van der Waals surface area contributed by atoms with Crippen molar-refractivity contribution in [2.45, 2.75) is 30.4 Å². The number of nitrogens with one attached hydrogen (secondary N) is 1. The fourth-order valence-corrected chi connectivity index (χ4v) is 3.94. The summed E-state index contributed by atoms with van der Waals surface area (Å²) >= 11 is 3.04. The van der Waals surface area contributed by atoms with Gasteiger partial charge in [0.2, 0.25) is 5.91 Å². The van der Waals surface area contributed by atoms with Gasteiger partial charge in [0.15, 0.2) is 11.0 Å². The van der Waals surface area contributed by atoms with E-state index >= 15 is 0 Å². The summed E-state index contributed by atoms with van der Waals surface area (Å²) in [4.78, 5) is 13.5. The molecule has 26 heavy (non-hydrogen) atoms. The molecule has 0 aliphatic heterocycles. The molecule has 0 fully saturated rings. The second-order valence-corrected chi connectivity index (χ2v) is 7.97. The van der Waals surface area contributed by atoms with E-state index in [1.165, 1.54) is 11.8 Å². The molecule has 0 bridgehead atoms. The van der Waals surface area contributed by atoms with Crippen LogP contribution in [0.3, 0.4) is 0 Å². The van der Waals surface area contributed by atoms with Gasteiger partial charge in [0.05, 0.1) is 11.8 Å². The standard InChI is InChI=1S/C19H20N4OS2/c1-3-11-23-17(15-8-5-4-6-9-15)21-22-19(23)26-14(2)18(24)20-13-16-10-7-12-25-16/h3-10,12,14H,1,11,13H2,2H3,(H,20,24)/t14-/m0/s1. The molecule has 1 amide bonds. The van der Waals surface area contributed by atoms with Crippen LogP contribution in [0.2, 0.25) is 0 Å². The number of allylic oxidation sites excluding steroid dienone is 1. The van der Waals surface area contributed by atoms with Crippen molar-refractivity contribution < 1.29 is 4.79 Å². The maximum atomic E-state index is 12.4. The molecule has 1 N–H and O–H groups in total. The van der Waals surface area contributed by atoms with Crippen LogP contribution >= 0.6 is 23.1 Å². The first kappa shape index (κ1) is 18.4. The minimum Gasteiger partial charge on any atom is -0.350 e. The van der Waals surface area contributed by atoms with Crippen molar-refractivity contribution in [2.75, 3.05) is 0 Å². The molecule has 134 valence electrons. The highest BCUT2D eigenvalue weighted by atomic mass is 32.2. The van der Waals surface area contributed by atoms with Gasteiger partial charge in [-0.1, -0.05) is 54.2 Å². The molecule has 0 unspecified atom stereocenters. The van der Waals surface area contributed by atoms with Gasteiger partial charge in [-0.2, -0.15) is 0 Å². The maximum Gasteiger partial charge on any atom is 0.233 e. The van der Waals surface area contributed by atoms with Gasteiger partial charge in [0.25, 0.3) is 0 Å². The van der Waals surface area contributed by atoms with Crippen LogP contribution in [-0.4, -0.2) is 25.9 Å². The Morgan fingerprint density at radius 1 is 1.31 bits per heavy atom. The number of hydrogen-bond acceptors (Lipinski definition) is 5. The smallest absolute Gasteiger partial charge is 0.233 e. The van der Waals surface area contributed by atoms with Crippen LogP contribution < -0.4 is 5.32 Å². The number of rotatable bonds is 8. The van der Waals surface area contributed by atoms with E-state index in [1.807, 2.05) is 59.3 Å². The van der Waals surface area contributed by atoms with Crippen molar-refractivity contribution in [1.29, 1.82) is 0 Å². The molecular formula is C19H20N4OS2. The lowest BCUT2D eigenvalue weighted by atomic mass is 10.2. The number of thioether (sulfide) groups is 1. The highest BCUT2D eigenvalue weighted by Crippen LogP contribution is 2.27. The van der Waals surface area contributed by atoms with Gasteiger partial charge in [0, 0.05) is 17.0 Å². The Bertz CT molecular complexity index is 859. The monoisotopic (exact) mass is 384 g/mol. The quantitative estimate of drug-likeness (QED) is 0.471. The average Bonchev–Trinajstić information content (AvgIpc) is 3.31. The molecule has 3 rings (SSSR count). The first-order valence-corrected chi connectivity index (χ1v) is 10.0. The van der Waals surface area contributed by atoms with Gasteiger partial charge in [-0.05, 0) is 18.4 Å². The Labute approximate surface area is 161 Å². The fraction of sp³-hybridized carbons (Fsp3) is 0.211. The van der Waals surface area contributed by atoms with Crippen LogP contribution in [-0.2, 0) is 17.9 Å². The van der Waals surface area contributed by atoms with Crippen LogP contribution in [0.15, 0.2) is 65.7 Å². The third-order valence-electron chi connectivity index (χ3n) is 3.73. The molecule has 0 saturated heterocycles. The van der Waals surface area contributed by atoms with E-state index in [-0.39, 0.29) is 11.2 Å². The van der Waals surface area contributed by atoms with Crippen molar-refractivity contribution in [1.82, 2.24) is 20.1 Å². The number of carbonyl (C=O) groups excluding carboxylic acids is 1. The molecule has 0 aliphatic rings. The van der Waals surface area contributed by atoms with Crippen LogP contribution in [0.1, 0.15) is 11.8 Å². The molecule has 3 aromatic rings. The van der Waals surface area contributed by atoms with E-state index in [1.54, 1.807) is 17.4 Å². The summed E-state index contributed by atoms with van der Waals surface area (Å²) in [6.07, 6.45) is 1.81. The molecule has 1 aromatic carbocycles. The molecule has 7 heteroatoms. The summed E-state index contributed by atoms with van der Waals surface area (Å²) in [5, 5.41) is 14.0. The van der Waals surface area contributed by atoms with Crippen molar-refractivity contribution in [3.05, 3.63) is 65.4 Å². The predicted octanol–water partition coefficient (Wildman–Crippen LogP) is 3.99. The Kier molecular flexibility index (Phi) is 6.25. The van der Waals surface area contributed by atoms with E-state index in [9.17, 15) is 4.79 Å². The predicted molar refractivity (Wildman–Crippen MR) is 107 cm³/mol. The van der Waals surface area contributed by atoms with E-state index in [4.69, 9.17) is 0 Å². The molecular weight excluding hydrogens is 364 g/mol. The normalized spacial score (nSPS) is 11.9. The van der Waals surface area contributed by atoms with Crippen molar-refractivity contribution in [3.63, 3.8) is 0 Å². The molecule has 5 nitrogen and oxygen atoms in total. The number of hydrogen-bond donors (Lipinski definition) is 1. The van der Waals surface area contributed by atoms with Gasteiger partial charge in [-0.25, -0.2) is 0 Å². The largest absolute Gasteiger partial charge is 0.350 e. The zero-order valence-electron chi connectivity index (χ0n) is 14.5. The maximum absolute atomic E-state index is 12.4. The Morgan fingerprint density at radius 2 is 2.12 bits per heavy atom. The van der Waals surface area contributed by atoms with Crippen molar-refractivity contribution >= 4 is 29.0 Å². The van der Waals surface area contributed by atoms with Crippen LogP contribution in [0, 0.1) is 0 Å². The zero-order chi connectivity index (χ0) is 18.4. The van der Waals surface area contributed by atoms with Gasteiger partial charge in [0.1, 0.15) is 0 Å². The van der Waals surface area contributed by atoms with Gasteiger partial charge in [-0.15, -0.1) is 28.1 Å². The van der Waals surface area contributed by atoms with Crippen molar-refractivity contribution in [2.24, 2.45) is 0 Å². The molecule has 0 aliphatic carbocycles. The van der Waals surface area contributed by atoms with E-state index in [0.29, 0.717) is 18.2 Å². The minimum absolute atomic E-state index is 0.0159. The molecule has 0 spiro atoms. The fourth-order valence-electron chi connectivity index (χ4n) is 2.41. The number of benzene rings is 1. The summed E-state index contributed by atoms with van der Waals surface area (Å²) in [7, 11) is 0. The number of nitrogens with zero attached hydrogens (tertiary/aromatic N) is 3. The topological polar surface area (TPSA) is 59.8 Å². The summed E-state index contributed by atoms with van der Waals surface area (Å²) in [5.74, 6) is 0.761. The lowest BCUT2D eigenvalue weighted by molar-refractivity contribution is -0.120. The average molecular weight is 385 g/mol. The number of amides is 1. The Morgan fingerprint density at radius 3 is 2.81 bits per heavy atom. The second kappa shape index (κ2) is 8.82. The van der Waals surface area contributed by atoms with E-state index in [0.717, 1.165) is 16.3 Å². The summed E-state index contributed by atoms with van der Waals surface area (Å²) < 4.78 is 1.98. The van der Waals surface area contributed by atoms with Crippen LogP contribution in [0.5, 0.6) is 0 Å². The highest BCUT2D eigenvalue weighted by Gasteiger charge is 2.20. The zero-order valence-corrected chi connectivity index (χ0v) is 16.1. The van der Waals surface area contributed by atoms with Crippen LogP contribution in [0.4, 0.5) is 0 Å². The van der Waals surface area contributed by atoms with Gasteiger partial charge >= 0.3 is 0 Å². The summed E-state index contributed by atoms with van der Waals surface area (Å²) in [6.45, 7) is 6.84.